The van der Waals surface area contributed by atoms with E-state index in [1.807, 2.05) is 0 Å². The van der Waals surface area contributed by atoms with Crippen molar-refractivity contribution in [2.24, 2.45) is 0 Å². The van der Waals surface area contributed by atoms with Crippen LogP contribution in [0.4, 0.5) is 13.2 Å². The van der Waals surface area contributed by atoms with Crippen molar-refractivity contribution in [1.82, 2.24) is 0 Å². The molecule has 60 valence electrons. The van der Waals surface area contributed by atoms with E-state index in [0.717, 1.165) is 18.2 Å². The molecule has 1 fully saturated rings. The topological polar surface area (TPSA) is 0 Å². The predicted octanol–water partition coefficient (Wildman–Crippen LogP) is 2.64. The third-order valence-electron chi connectivity index (χ3n) is 1.54. The van der Waals surface area contributed by atoms with Gasteiger partial charge in [0.05, 0.1) is 0 Å². The van der Waals surface area contributed by atoms with Crippen molar-refractivity contribution in [3.05, 3.63) is 0 Å². The summed E-state index contributed by atoms with van der Waals surface area (Å²) < 4.78 is 35.9. The van der Waals surface area contributed by atoms with Gasteiger partial charge in [-0.25, -0.2) is 0 Å². The van der Waals surface area contributed by atoms with Crippen LogP contribution in [-0.2, 0) is 0 Å². The van der Waals surface area contributed by atoms with Crippen LogP contribution in [0.3, 0.4) is 0 Å². The second-order valence-electron chi connectivity index (χ2n) is 2.40. The summed E-state index contributed by atoms with van der Waals surface area (Å²) in [5.74, 6) is 0. The van der Waals surface area contributed by atoms with E-state index in [4.69, 9.17) is 0 Å². The third-order valence-corrected chi connectivity index (χ3v) is 4.54. The van der Waals surface area contributed by atoms with Crippen molar-refractivity contribution in [2.45, 2.75) is 35.6 Å². The molecule has 1 aliphatic rings. The Morgan fingerprint density at radius 2 is 1.90 bits per heavy atom. The van der Waals surface area contributed by atoms with Gasteiger partial charge in [0.15, 0.2) is 0 Å². The summed E-state index contributed by atoms with van der Waals surface area (Å²) in [6, 6.07) is 0. The van der Waals surface area contributed by atoms with E-state index in [1.165, 1.54) is 0 Å². The Bertz CT molecular complexity index is 104. The predicted molar refractivity (Wildman–Crippen MR) is 34.2 cm³/mol. The second kappa shape index (κ2) is 3.14. The van der Waals surface area contributed by atoms with Crippen molar-refractivity contribution >= 4 is 15.0 Å². The summed E-state index contributed by atoms with van der Waals surface area (Å²) in [6.07, 6.45) is -1.75. The standard InChI is InChI=1S/C6H9F3Se/c7-6(8,9)5-3-1-2-4-10-5/h5H,1-4H2. The third kappa shape index (κ3) is 2.17. The minimum absolute atomic E-state index is 0.170. The van der Waals surface area contributed by atoms with E-state index in [0.29, 0.717) is 6.42 Å². The van der Waals surface area contributed by atoms with Gasteiger partial charge in [-0.15, -0.1) is 0 Å². The minimum atomic E-state index is -3.90. The number of alkyl halides is 3. The van der Waals surface area contributed by atoms with Crippen LogP contribution in [0.1, 0.15) is 19.3 Å². The molecule has 1 atom stereocenters. The maximum absolute atomic E-state index is 12.0. The first-order chi connectivity index (χ1) is 4.61. The molecule has 1 rings (SSSR count). The molecule has 0 N–H and O–H groups in total. The molecule has 0 saturated carbocycles. The SMILES string of the molecule is FC(F)(F)C1CCCC[Se]1. The summed E-state index contributed by atoms with van der Waals surface area (Å²) in [4.78, 5) is -0.936. The number of hydrogen-bond acceptors (Lipinski definition) is 0. The summed E-state index contributed by atoms with van der Waals surface area (Å²) in [6.45, 7) is 0. The molecule has 1 heterocycles. The van der Waals surface area contributed by atoms with Crippen LogP contribution in [0, 0.1) is 0 Å². The van der Waals surface area contributed by atoms with Crippen LogP contribution in [0.15, 0.2) is 0 Å². The molecule has 0 spiro atoms. The van der Waals surface area contributed by atoms with E-state index in [2.05, 4.69) is 0 Å². The summed E-state index contributed by atoms with van der Waals surface area (Å²) >= 11 is -0.170. The Hall–Kier alpha value is 0.309. The molecule has 0 aromatic carbocycles. The quantitative estimate of drug-likeness (QED) is 0.547. The fourth-order valence-electron chi connectivity index (χ4n) is 0.999. The normalized spacial score (nSPS) is 28.5. The van der Waals surface area contributed by atoms with Crippen LogP contribution in [-0.4, -0.2) is 21.1 Å². The average molecular weight is 217 g/mol. The first kappa shape index (κ1) is 8.41. The van der Waals surface area contributed by atoms with Crippen molar-refractivity contribution in [1.29, 1.82) is 0 Å². The molecule has 0 amide bonds. The second-order valence-corrected chi connectivity index (χ2v) is 5.15. The zero-order valence-electron chi connectivity index (χ0n) is 5.45. The first-order valence-electron chi connectivity index (χ1n) is 3.29. The van der Waals surface area contributed by atoms with E-state index < -0.39 is 11.0 Å². The van der Waals surface area contributed by atoms with E-state index in [9.17, 15) is 13.2 Å². The molecule has 0 aromatic rings. The van der Waals surface area contributed by atoms with Gasteiger partial charge in [-0.3, -0.25) is 0 Å². The summed E-state index contributed by atoms with van der Waals surface area (Å²) in [5.41, 5.74) is 0. The fourth-order valence-corrected chi connectivity index (χ4v) is 3.47. The van der Waals surface area contributed by atoms with Gasteiger partial charge >= 0.3 is 63.7 Å². The monoisotopic (exact) mass is 218 g/mol. The number of hydrogen-bond donors (Lipinski definition) is 0. The number of rotatable bonds is 0. The van der Waals surface area contributed by atoms with Gasteiger partial charge in [0.1, 0.15) is 0 Å². The van der Waals surface area contributed by atoms with Crippen molar-refractivity contribution in [2.75, 3.05) is 0 Å². The zero-order chi connectivity index (χ0) is 7.61. The van der Waals surface area contributed by atoms with E-state index in [-0.39, 0.29) is 15.0 Å². The molecule has 10 heavy (non-hydrogen) atoms. The molecular formula is C6H9F3Se. The zero-order valence-corrected chi connectivity index (χ0v) is 7.16. The Kier molecular flexibility index (Phi) is 2.64. The van der Waals surface area contributed by atoms with Gasteiger partial charge in [-0.1, -0.05) is 0 Å². The first-order valence-corrected chi connectivity index (χ1v) is 5.49. The van der Waals surface area contributed by atoms with Crippen LogP contribution in [0.25, 0.3) is 0 Å². The fraction of sp³-hybridized carbons (Fsp3) is 1.00. The molecule has 0 nitrogen and oxygen atoms in total. The Labute approximate surface area is 64.3 Å². The molecule has 4 heteroatoms. The van der Waals surface area contributed by atoms with E-state index >= 15 is 0 Å². The van der Waals surface area contributed by atoms with Crippen LogP contribution in [0.5, 0.6) is 0 Å². The van der Waals surface area contributed by atoms with Crippen molar-refractivity contribution < 1.29 is 13.2 Å². The molecule has 0 aromatic heterocycles. The molecule has 1 saturated heterocycles. The van der Waals surface area contributed by atoms with Gasteiger partial charge in [0.2, 0.25) is 0 Å². The maximum atomic E-state index is 12.0. The Balaban J connectivity index is 2.39. The van der Waals surface area contributed by atoms with Crippen molar-refractivity contribution in [3.8, 4) is 0 Å². The van der Waals surface area contributed by atoms with Crippen molar-refractivity contribution in [3.63, 3.8) is 0 Å². The van der Waals surface area contributed by atoms with Gasteiger partial charge in [0.25, 0.3) is 0 Å². The summed E-state index contributed by atoms with van der Waals surface area (Å²) in [7, 11) is 0. The van der Waals surface area contributed by atoms with Gasteiger partial charge in [-0.05, 0) is 0 Å². The van der Waals surface area contributed by atoms with Gasteiger partial charge in [-0.2, -0.15) is 0 Å². The Morgan fingerprint density at radius 1 is 1.20 bits per heavy atom. The molecule has 1 aliphatic heterocycles. The number of halogens is 3. The van der Waals surface area contributed by atoms with Crippen LogP contribution in [0.2, 0.25) is 10.1 Å². The van der Waals surface area contributed by atoms with Gasteiger partial charge < -0.3 is 0 Å². The summed E-state index contributed by atoms with van der Waals surface area (Å²) in [5, 5.41) is 0.817. The van der Waals surface area contributed by atoms with Gasteiger partial charge in [0, 0.05) is 0 Å². The molecule has 0 aliphatic carbocycles. The Morgan fingerprint density at radius 3 is 2.20 bits per heavy atom. The van der Waals surface area contributed by atoms with Crippen LogP contribution >= 0.6 is 0 Å². The van der Waals surface area contributed by atoms with E-state index in [1.54, 1.807) is 0 Å². The molecular weight excluding hydrogens is 208 g/mol. The van der Waals surface area contributed by atoms with Crippen LogP contribution < -0.4 is 0 Å². The molecule has 1 unspecified atom stereocenters. The average Bonchev–Trinajstić information content (AvgIpc) is 1.88. The molecule has 0 radical (unpaired) electrons. The molecule has 0 bridgehead atoms.